The molecule has 1 aromatic carbocycles. The Balaban J connectivity index is 2.20. The number of hydrogen-bond donors (Lipinski definition) is 0. The summed E-state index contributed by atoms with van der Waals surface area (Å²) in [6, 6.07) is 6.04. The highest BCUT2D eigenvalue weighted by atomic mass is 19.1. The summed E-state index contributed by atoms with van der Waals surface area (Å²) in [5.74, 6) is -0.583. The molecule has 0 bridgehead atoms. The minimum atomic E-state index is -0.326. The van der Waals surface area contributed by atoms with Crippen molar-refractivity contribution >= 4 is 17.5 Å². The third-order valence-corrected chi connectivity index (χ3v) is 3.94. The van der Waals surface area contributed by atoms with Crippen molar-refractivity contribution in [1.29, 1.82) is 0 Å². The van der Waals surface area contributed by atoms with Gasteiger partial charge in [0.2, 0.25) is 5.91 Å². The predicted octanol–water partition coefficient (Wildman–Crippen LogP) is 2.95. The van der Waals surface area contributed by atoms with Crippen LogP contribution in [-0.2, 0) is 16.1 Å². The van der Waals surface area contributed by atoms with E-state index in [1.807, 2.05) is 27.7 Å². The van der Waals surface area contributed by atoms with E-state index in [2.05, 4.69) is 5.10 Å². The first-order valence-electron chi connectivity index (χ1n) is 8.24. The van der Waals surface area contributed by atoms with E-state index < -0.39 is 0 Å². The lowest BCUT2D eigenvalue weighted by Crippen LogP contribution is -2.47. The van der Waals surface area contributed by atoms with Crippen molar-refractivity contribution < 1.29 is 14.0 Å². The normalized spacial score (nSPS) is 15.0. The number of carbonyl (C=O) groups excluding carboxylic acids is 2. The standard InChI is InChI=1S/C18H24FN3O2/c1-12(2)22(13(3)4)18(24)16-9-10-17(23)21(20-16)11-14-5-7-15(19)8-6-14/h5-8,12-13H,9-11H2,1-4H3. The Morgan fingerprint density at radius 3 is 2.29 bits per heavy atom. The fourth-order valence-electron chi connectivity index (χ4n) is 2.86. The molecule has 0 unspecified atom stereocenters. The monoisotopic (exact) mass is 333 g/mol. The van der Waals surface area contributed by atoms with Crippen LogP contribution in [0.25, 0.3) is 0 Å². The molecule has 5 nitrogen and oxygen atoms in total. The zero-order chi connectivity index (χ0) is 17.9. The summed E-state index contributed by atoms with van der Waals surface area (Å²) in [5.41, 5.74) is 1.17. The van der Waals surface area contributed by atoms with Crippen LogP contribution >= 0.6 is 0 Å². The molecule has 24 heavy (non-hydrogen) atoms. The van der Waals surface area contributed by atoms with E-state index in [4.69, 9.17) is 0 Å². The van der Waals surface area contributed by atoms with Gasteiger partial charge in [0.1, 0.15) is 11.5 Å². The zero-order valence-corrected chi connectivity index (χ0v) is 14.6. The molecule has 6 heteroatoms. The summed E-state index contributed by atoms with van der Waals surface area (Å²) in [4.78, 5) is 26.6. The molecular formula is C18H24FN3O2. The number of rotatable bonds is 5. The Morgan fingerprint density at radius 2 is 1.75 bits per heavy atom. The maximum absolute atomic E-state index is 13.0. The SMILES string of the molecule is CC(C)N(C(=O)C1=NN(Cc2ccc(F)cc2)C(=O)CC1)C(C)C. The summed E-state index contributed by atoms with van der Waals surface area (Å²) in [6.07, 6.45) is 0.614. The third-order valence-electron chi connectivity index (χ3n) is 3.94. The van der Waals surface area contributed by atoms with Crippen LogP contribution in [0.2, 0.25) is 0 Å². The van der Waals surface area contributed by atoms with Crippen molar-refractivity contribution in [3.8, 4) is 0 Å². The number of hydrazone groups is 1. The smallest absolute Gasteiger partial charge is 0.270 e. The molecule has 1 heterocycles. The molecule has 0 atom stereocenters. The first kappa shape index (κ1) is 18.1. The molecule has 0 N–H and O–H groups in total. The minimum absolute atomic E-state index is 0.0587. The van der Waals surface area contributed by atoms with Gasteiger partial charge in [-0.05, 0) is 45.4 Å². The van der Waals surface area contributed by atoms with E-state index in [0.29, 0.717) is 12.1 Å². The van der Waals surface area contributed by atoms with Gasteiger partial charge in [0.15, 0.2) is 0 Å². The predicted molar refractivity (Wildman–Crippen MR) is 90.7 cm³/mol. The van der Waals surface area contributed by atoms with Crippen LogP contribution < -0.4 is 0 Å². The Hall–Kier alpha value is -2.24. The highest BCUT2D eigenvalue weighted by Crippen LogP contribution is 2.17. The second-order valence-corrected chi connectivity index (χ2v) is 6.52. The summed E-state index contributed by atoms with van der Waals surface area (Å²) in [7, 11) is 0. The van der Waals surface area contributed by atoms with Gasteiger partial charge in [0, 0.05) is 24.9 Å². The van der Waals surface area contributed by atoms with Crippen molar-refractivity contribution in [2.45, 2.75) is 59.2 Å². The van der Waals surface area contributed by atoms with E-state index in [-0.39, 0.29) is 42.7 Å². The van der Waals surface area contributed by atoms with Gasteiger partial charge in [-0.3, -0.25) is 9.59 Å². The molecular weight excluding hydrogens is 309 g/mol. The molecule has 0 aliphatic carbocycles. The maximum Gasteiger partial charge on any atom is 0.270 e. The molecule has 2 rings (SSSR count). The van der Waals surface area contributed by atoms with Gasteiger partial charge < -0.3 is 4.90 Å². The second kappa shape index (κ2) is 7.55. The maximum atomic E-state index is 13.0. The highest BCUT2D eigenvalue weighted by Gasteiger charge is 2.29. The highest BCUT2D eigenvalue weighted by molar-refractivity contribution is 6.39. The van der Waals surface area contributed by atoms with Crippen LogP contribution in [0.1, 0.15) is 46.1 Å². The molecule has 2 amide bonds. The van der Waals surface area contributed by atoms with Crippen LogP contribution in [0, 0.1) is 5.82 Å². The largest absolute Gasteiger partial charge is 0.333 e. The van der Waals surface area contributed by atoms with Crippen molar-refractivity contribution in [3.63, 3.8) is 0 Å². The van der Waals surface area contributed by atoms with E-state index in [1.54, 1.807) is 17.0 Å². The van der Waals surface area contributed by atoms with E-state index >= 15 is 0 Å². The number of nitrogens with zero attached hydrogens (tertiary/aromatic N) is 3. The molecule has 0 spiro atoms. The molecule has 0 saturated carbocycles. The Morgan fingerprint density at radius 1 is 1.17 bits per heavy atom. The molecule has 130 valence electrons. The lowest BCUT2D eigenvalue weighted by molar-refractivity contribution is -0.133. The van der Waals surface area contributed by atoms with Crippen molar-refractivity contribution in [1.82, 2.24) is 9.91 Å². The van der Waals surface area contributed by atoms with Crippen molar-refractivity contribution in [2.75, 3.05) is 0 Å². The Kier molecular flexibility index (Phi) is 5.70. The van der Waals surface area contributed by atoms with Crippen LogP contribution in [0.3, 0.4) is 0 Å². The Labute approximate surface area is 142 Å². The first-order chi connectivity index (χ1) is 11.3. The van der Waals surface area contributed by atoms with Gasteiger partial charge in [0.05, 0.1) is 6.54 Å². The van der Waals surface area contributed by atoms with Crippen LogP contribution in [0.15, 0.2) is 29.4 Å². The molecule has 1 aliphatic heterocycles. The quantitative estimate of drug-likeness (QED) is 0.832. The molecule has 1 aliphatic rings. The molecule has 0 radical (unpaired) electrons. The van der Waals surface area contributed by atoms with Gasteiger partial charge in [-0.2, -0.15) is 5.10 Å². The van der Waals surface area contributed by atoms with E-state index in [1.165, 1.54) is 17.1 Å². The van der Waals surface area contributed by atoms with Crippen LogP contribution in [0.4, 0.5) is 4.39 Å². The van der Waals surface area contributed by atoms with Crippen LogP contribution in [0.5, 0.6) is 0 Å². The Bertz CT molecular complexity index is 630. The molecule has 0 aromatic heterocycles. The second-order valence-electron chi connectivity index (χ2n) is 6.52. The van der Waals surface area contributed by atoms with Gasteiger partial charge in [0.25, 0.3) is 5.91 Å². The molecule has 0 fully saturated rings. The van der Waals surface area contributed by atoms with Gasteiger partial charge in [-0.25, -0.2) is 9.40 Å². The molecule has 0 saturated heterocycles. The summed E-state index contributed by atoms with van der Waals surface area (Å²) in [5, 5.41) is 5.59. The van der Waals surface area contributed by atoms with E-state index in [9.17, 15) is 14.0 Å². The van der Waals surface area contributed by atoms with E-state index in [0.717, 1.165) is 5.56 Å². The average molecular weight is 333 g/mol. The number of hydrogen-bond acceptors (Lipinski definition) is 3. The summed E-state index contributed by atoms with van der Waals surface area (Å²) >= 11 is 0. The third kappa shape index (κ3) is 4.19. The number of halogens is 1. The topological polar surface area (TPSA) is 53.0 Å². The lowest BCUT2D eigenvalue weighted by atomic mass is 10.1. The fraction of sp³-hybridized carbons (Fsp3) is 0.500. The average Bonchev–Trinajstić information content (AvgIpc) is 2.50. The lowest BCUT2D eigenvalue weighted by Gasteiger charge is -2.32. The fourth-order valence-corrected chi connectivity index (χ4v) is 2.86. The summed E-state index contributed by atoms with van der Waals surface area (Å²) < 4.78 is 13.0. The number of amides is 2. The zero-order valence-electron chi connectivity index (χ0n) is 14.6. The number of benzene rings is 1. The van der Waals surface area contributed by atoms with Gasteiger partial charge in [-0.15, -0.1) is 0 Å². The van der Waals surface area contributed by atoms with Crippen molar-refractivity contribution in [3.05, 3.63) is 35.6 Å². The van der Waals surface area contributed by atoms with Gasteiger partial charge in [-0.1, -0.05) is 12.1 Å². The molecule has 1 aromatic rings. The van der Waals surface area contributed by atoms with Gasteiger partial charge >= 0.3 is 0 Å². The van der Waals surface area contributed by atoms with Crippen LogP contribution in [-0.4, -0.2) is 39.5 Å². The first-order valence-corrected chi connectivity index (χ1v) is 8.24. The minimum Gasteiger partial charge on any atom is -0.333 e. The number of carbonyl (C=O) groups is 2. The summed E-state index contributed by atoms with van der Waals surface area (Å²) in [6.45, 7) is 8.08. The van der Waals surface area contributed by atoms with Crippen molar-refractivity contribution in [2.24, 2.45) is 5.10 Å².